The van der Waals surface area contributed by atoms with Crippen molar-refractivity contribution < 1.29 is 4.42 Å². The Hall–Kier alpha value is -3.46. The lowest BCUT2D eigenvalue weighted by Crippen LogP contribution is -1.93. The summed E-state index contributed by atoms with van der Waals surface area (Å²) in [5, 5.41) is 0.951. The summed E-state index contributed by atoms with van der Waals surface area (Å²) < 4.78 is 4.91. The molecule has 2 heterocycles. The summed E-state index contributed by atoms with van der Waals surface area (Å²) in [6.45, 7) is 0. The molecule has 0 saturated carbocycles. The van der Waals surface area contributed by atoms with E-state index in [0.717, 1.165) is 11.1 Å². The van der Waals surface area contributed by atoms with Gasteiger partial charge >= 0.3 is 5.63 Å². The van der Waals surface area contributed by atoms with Gasteiger partial charge in [0.25, 0.3) is 0 Å². The highest BCUT2D eigenvalue weighted by Crippen LogP contribution is 2.09. The van der Waals surface area contributed by atoms with Crippen LogP contribution in [0.25, 0.3) is 23.1 Å². The van der Waals surface area contributed by atoms with Crippen molar-refractivity contribution in [2.75, 3.05) is 0 Å². The largest absolute Gasteiger partial charge is 0.423 e. The quantitative estimate of drug-likeness (QED) is 0.484. The van der Waals surface area contributed by atoms with Gasteiger partial charge < -0.3 is 4.42 Å². The van der Waals surface area contributed by atoms with Gasteiger partial charge in [0.1, 0.15) is 5.58 Å². The van der Waals surface area contributed by atoms with Crippen LogP contribution in [-0.4, -0.2) is 4.98 Å². The number of pyridine rings is 1. The topological polar surface area (TPSA) is 43.1 Å². The summed E-state index contributed by atoms with van der Waals surface area (Å²) in [7, 11) is 0. The molecule has 4 aromatic rings. The van der Waals surface area contributed by atoms with Crippen LogP contribution in [0.15, 0.2) is 100 Å². The first-order valence-corrected chi connectivity index (χ1v) is 7.94. The minimum absolute atomic E-state index is 0.302. The smallest absolute Gasteiger partial charge is 0.336 e. The number of rotatable bonds is 2. The van der Waals surface area contributed by atoms with Crippen molar-refractivity contribution in [3.05, 3.63) is 113 Å². The minimum atomic E-state index is -0.302. The predicted octanol–water partition coefficient (Wildman–Crippen LogP) is 5.05. The second-order valence-electron chi connectivity index (χ2n) is 5.29. The molecule has 0 spiro atoms. The van der Waals surface area contributed by atoms with Gasteiger partial charge in [-0.2, -0.15) is 0 Å². The van der Waals surface area contributed by atoms with Crippen LogP contribution < -0.4 is 5.63 Å². The van der Waals surface area contributed by atoms with E-state index in [2.05, 4.69) is 23.2 Å². The first-order valence-electron chi connectivity index (χ1n) is 7.94. The number of hydrogen-bond acceptors (Lipinski definition) is 3. The minimum Gasteiger partial charge on any atom is -0.423 e. The SMILES string of the molecule is C(=C\c1ccccn1)/c1ccccc1.O=c1ccc2ccccc2o1. The summed E-state index contributed by atoms with van der Waals surface area (Å²) in [5.74, 6) is 0. The van der Waals surface area contributed by atoms with Gasteiger partial charge in [0.2, 0.25) is 0 Å². The molecule has 0 aliphatic rings. The molecule has 0 amide bonds. The lowest BCUT2D eigenvalue weighted by atomic mass is 10.2. The average molecular weight is 327 g/mol. The summed E-state index contributed by atoms with van der Waals surface area (Å²) >= 11 is 0. The third-order valence-electron chi connectivity index (χ3n) is 3.46. The van der Waals surface area contributed by atoms with E-state index in [1.165, 1.54) is 11.6 Å². The van der Waals surface area contributed by atoms with Gasteiger partial charge in [0.05, 0.1) is 5.69 Å². The first-order chi connectivity index (χ1) is 12.3. The van der Waals surface area contributed by atoms with Gasteiger partial charge in [-0.1, -0.05) is 60.7 Å². The fourth-order valence-electron chi connectivity index (χ4n) is 2.23. The standard InChI is InChI=1S/C13H11N.C9H6O2/c1-2-6-12(7-3-1)9-10-13-8-4-5-11-14-13;10-9-6-5-7-3-1-2-4-8(7)11-9/h1-11H;1-6H/b10-9+;. The number of fused-ring (bicyclic) bond motifs is 1. The van der Waals surface area contributed by atoms with Crippen LogP contribution in [0.2, 0.25) is 0 Å². The molecule has 0 bridgehead atoms. The molecule has 3 nitrogen and oxygen atoms in total. The van der Waals surface area contributed by atoms with Crippen LogP contribution in [0.4, 0.5) is 0 Å². The summed E-state index contributed by atoms with van der Waals surface area (Å²) in [4.78, 5) is 14.9. The average Bonchev–Trinajstić information content (AvgIpc) is 2.68. The highest BCUT2D eigenvalue weighted by atomic mass is 16.4. The Kier molecular flexibility index (Phi) is 5.52. The van der Waals surface area contributed by atoms with Gasteiger partial charge in [0.15, 0.2) is 0 Å². The maximum atomic E-state index is 10.7. The Morgan fingerprint density at radius 3 is 2.28 bits per heavy atom. The van der Waals surface area contributed by atoms with E-state index in [-0.39, 0.29) is 5.63 Å². The zero-order valence-corrected chi connectivity index (χ0v) is 13.6. The van der Waals surface area contributed by atoms with Gasteiger partial charge in [-0.05, 0) is 35.9 Å². The van der Waals surface area contributed by atoms with Gasteiger partial charge in [0, 0.05) is 17.6 Å². The van der Waals surface area contributed by atoms with Crippen molar-refractivity contribution in [2.24, 2.45) is 0 Å². The zero-order chi connectivity index (χ0) is 17.3. The van der Waals surface area contributed by atoms with Crippen molar-refractivity contribution in [3.8, 4) is 0 Å². The molecular weight excluding hydrogens is 310 g/mol. The fourth-order valence-corrected chi connectivity index (χ4v) is 2.23. The monoisotopic (exact) mass is 327 g/mol. The van der Waals surface area contributed by atoms with Crippen LogP contribution in [0.1, 0.15) is 11.3 Å². The highest BCUT2D eigenvalue weighted by molar-refractivity contribution is 5.75. The molecule has 122 valence electrons. The van der Waals surface area contributed by atoms with Crippen molar-refractivity contribution >= 4 is 23.1 Å². The normalized spacial score (nSPS) is 10.4. The molecule has 0 unspecified atom stereocenters. The summed E-state index contributed by atoms with van der Waals surface area (Å²) in [6, 6.07) is 26.7. The molecule has 0 fully saturated rings. The van der Waals surface area contributed by atoms with Crippen molar-refractivity contribution in [3.63, 3.8) is 0 Å². The van der Waals surface area contributed by atoms with E-state index < -0.39 is 0 Å². The van der Waals surface area contributed by atoms with Crippen LogP contribution in [0.5, 0.6) is 0 Å². The molecule has 3 heteroatoms. The van der Waals surface area contributed by atoms with E-state index >= 15 is 0 Å². The van der Waals surface area contributed by atoms with Crippen LogP contribution in [0.3, 0.4) is 0 Å². The third-order valence-corrected chi connectivity index (χ3v) is 3.46. The molecule has 0 aliphatic heterocycles. The predicted molar refractivity (Wildman–Crippen MR) is 102 cm³/mol. The van der Waals surface area contributed by atoms with Gasteiger partial charge in [-0.25, -0.2) is 4.79 Å². The molecule has 0 saturated heterocycles. The Bertz CT molecular complexity index is 964. The Balaban J connectivity index is 0.000000150. The summed E-state index contributed by atoms with van der Waals surface area (Å²) in [5.41, 5.74) is 2.51. The van der Waals surface area contributed by atoms with E-state index in [0.29, 0.717) is 5.58 Å². The molecule has 0 N–H and O–H groups in total. The number of nitrogens with zero attached hydrogens (tertiary/aromatic N) is 1. The second-order valence-corrected chi connectivity index (χ2v) is 5.29. The molecule has 2 aromatic heterocycles. The fraction of sp³-hybridized carbons (Fsp3) is 0. The van der Waals surface area contributed by atoms with E-state index in [4.69, 9.17) is 4.42 Å². The van der Waals surface area contributed by atoms with Crippen molar-refractivity contribution in [1.82, 2.24) is 4.98 Å². The maximum Gasteiger partial charge on any atom is 0.336 e. The lowest BCUT2D eigenvalue weighted by Gasteiger charge is -1.92. The van der Waals surface area contributed by atoms with E-state index in [1.54, 1.807) is 18.3 Å². The third kappa shape index (κ3) is 5.01. The van der Waals surface area contributed by atoms with E-state index in [9.17, 15) is 4.79 Å². The maximum absolute atomic E-state index is 10.7. The number of para-hydroxylation sites is 1. The molecule has 4 rings (SSSR count). The second kappa shape index (κ2) is 8.41. The number of hydrogen-bond donors (Lipinski definition) is 0. The molecular formula is C22H17NO2. The molecule has 0 atom stereocenters. The molecule has 25 heavy (non-hydrogen) atoms. The summed E-state index contributed by atoms with van der Waals surface area (Å²) in [6.07, 6.45) is 5.86. The van der Waals surface area contributed by atoms with Gasteiger partial charge in [-0.15, -0.1) is 0 Å². The zero-order valence-electron chi connectivity index (χ0n) is 13.6. The molecule has 0 radical (unpaired) electrons. The van der Waals surface area contributed by atoms with Crippen LogP contribution in [0, 0.1) is 0 Å². The van der Waals surface area contributed by atoms with Crippen LogP contribution >= 0.6 is 0 Å². The van der Waals surface area contributed by atoms with E-state index in [1.807, 2.05) is 60.7 Å². The Labute approximate surface area is 145 Å². The number of aromatic nitrogens is 1. The van der Waals surface area contributed by atoms with Crippen molar-refractivity contribution in [2.45, 2.75) is 0 Å². The number of benzene rings is 2. The van der Waals surface area contributed by atoms with Crippen LogP contribution in [-0.2, 0) is 0 Å². The lowest BCUT2D eigenvalue weighted by molar-refractivity contribution is 0.561. The Morgan fingerprint density at radius 1 is 0.720 bits per heavy atom. The molecule has 2 aromatic carbocycles. The Morgan fingerprint density at radius 2 is 1.48 bits per heavy atom. The molecule has 0 aliphatic carbocycles. The first kappa shape index (κ1) is 16.4. The highest BCUT2D eigenvalue weighted by Gasteiger charge is 1.92. The van der Waals surface area contributed by atoms with Gasteiger partial charge in [-0.3, -0.25) is 4.98 Å². The van der Waals surface area contributed by atoms with Crippen molar-refractivity contribution in [1.29, 1.82) is 0 Å².